The van der Waals surface area contributed by atoms with Gasteiger partial charge in [-0.2, -0.15) is 4.98 Å². The number of hydrogen-bond donors (Lipinski definition) is 2. The van der Waals surface area contributed by atoms with E-state index in [-0.39, 0.29) is 35.6 Å². The van der Waals surface area contributed by atoms with Crippen LogP contribution in [0.4, 0.5) is 0 Å². The van der Waals surface area contributed by atoms with Crippen molar-refractivity contribution in [3.8, 4) is 0 Å². The number of carbonyl (C=O) groups excluding carboxylic acids is 2. The van der Waals surface area contributed by atoms with Crippen molar-refractivity contribution in [1.82, 2.24) is 20.8 Å². The quantitative estimate of drug-likeness (QED) is 0.679. The van der Waals surface area contributed by atoms with Crippen LogP contribution < -0.4 is 10.6 Å². The molecule has 0 aromatic carbocycles. The molecule has 7 nitrogen and oxygen atoms in total. The fraction of sp³-hybridized carbons (Fsp3) is 0.826. The predicted molar refractivity (Wildman–Crippen MR) is 110 cm³/mol. The molecule has 5 fully saturated rings. The van der Waals surface area contributed by atoms with Crippen LogP contribution in [0.3, 0.4) is 0 Å². The van der Waals surface area contributed by atoms with Crippen LogP contribution in [0, 0.1) is 29.1 Å². The lowest BCUT2D eigenvalue weighted by molar-refractivity contribution is -0.146. The van der Waals surface area contributed by atoms with Crippen molar-refractivity contribution in [2.24, 2.45) is 29.1 Å². The summed E-state index contributed by atoms with van der Waals surface area (Å²) in [5.41, 5.74) is -0.158. The Morgan fingerprint density at radius 1 is 1.10 bits per heavy atom. The minimum atomic E-state index is -0.295. The van der Waals surface area contributed by atoms with Crippen LogP contribution >= 0.6 is 0 Å². The molecule has 4 bridgehead atoms. The summed E-state index contributed by atoms with van der Waals surface area (Å²) in [5.74, 6) is 4.12. The Balaban J connectivity index is 1.12. The Bertz CT molecular complexity index is 778. The van der Waals surface area contributed by atoms with Crippen molar-refractivity contribution in [3.63, 3.8) is 0 Å². The van der Waals surface area contributed by atoms with E-state index in [1.165, 1.54) is 19.3 Å². The minimum Gasteiger partial charge on any atom is -0.355 e. The SMILES string of the molecule is CC(C)C(NC(=O)CCNC(=O)C12CC3CC(CC(C3)C1)C2)c1nc(C2CC2)no1. The van der Waals surface area contributed by atoms with Crippen molar-refractivity contribution >= 4 is 11.8 Å². The van der Waals surface area contributed by atoms with Gasteiger partial charge in [0.05, 0.1) is 0 Å². The first-order chi connectivity index (χ1) is 14.4. The normalized spacial score (nSPS) is 33.0. The van der Waals surface area contributed by atoms with E-state index >= 15 is 0 Å². The number of rotatable bonds is 8. The average molecular weight is 415 g/mol. The third-order valence-electron chi connectivity index (χ3n) is 7.81. The zero-order valence-electron chi connectivity index (χ0n) is 18.2. The van der Waals surface area contributed by atoms with E-state index in [9.17, 15) is 9.59 Å². The molecule has 2 N–H and O–H groups in total. The molecular weight excluding hydrogens is 380 g/mol. The predicted octanol–water partition coefficient (Wildman–Crippen LogP) is 3.48. The molecule has 1 atom stereocenters. The first-order valence-electron chi connectivity index (χ1n) is 11.8. The van der Waals surface area contributed by atoms with Gasteiger partial charge in [-0.3, -0.25) is 9.59 Å². The molecule has 30 heavy (non-hydrogen) atoms. The van der Waals surface area contributed by atoms with Crippen LogP contribution in [0.25, 0.3) is 0 Å². The molecule has 6 rings (SSSR count). The number of amides is 2. The van der Waals surface area contributed by atoms with E-state index in [4.69, 9.17) is 4.52 Å². The van der Waals surface area contributed by atoms with Crippen molar-refractivity contribution < 1.29 is 14.1 Å². The molecule has 1 aromatic rings. The maximum absolute atomic E-state index is 13.0. The second-order valence-corrected chi connectivity index (χ2v) is 10.8. The van der Waals surface area contributed by atoms with Crippen molar-refractivity contribution in [3.05, 3.63) is 11.7 Å². The van der Waals surface area contributed by atoms with Gasteiger partial charge in [-0.15, -0.1) is 0 Å². The Kier molecular flexibility index (Phi) is 5.10. The van der Waals surface area contributed by atoms with Gasteiger partial charge in [-0.1, -0.05) is 19.0 Å². The lowest BCUT2D eigenvalue weighted by Gasteiger charge is -2.55. The second-order valence-electron chi connectivity index (χ2n) is 10.8. The Morgan fingerprint density at radius 3 is 2.30 bits per heavy atom. The van der Waals surface area contributed by atoms with E-state index in [1.807, 2.05) is 13.8 Å². The molecule has 0 aliphatic heterocycles. The third kappa shape index (κ3) is 3.87. The highest BCUT2D eigenvalue weighted by Gasteiger charge is 2.54. The molecule has 1 aromatic heterocycles. The number of hydrogen-bond acceptors (Lipinski definition) is 5. The maximum atomic E-state index is 13.0. The molecule has 5 aliphatic rings. The van der Waals surface area contributed by atoms with E-state index in [1.54, 1.807) is 0 Å². The van der Waals surface area contributed by atoms with Crippen LogP contribution in [0.2, 0.25) is 0 Å². The summed E-state index contributed by atoms with van der Waals surface area (Å²) in [6.07, 6.45) is 9.61. The van der Waals surface area contributed by atoms with Crippen LogP contribution in [0.5, 0.6) is 0 Å². The molecule has 1 heterocycles. The largest absolute Gasteiger partial charge is 0.355 e. The van der Waals surface area contributed by atoms with Crippen molar-refractivity contribution in [1.29, 1.82) is 0 Å². The van der Waals surface area contributed by atoms with Crippen LogP contribution in [0.1, 0.15) is 95.3 Å². The molecule has 0 spiro atoms. The Labute approximate surface area is 178 Å². The van der Waals surface area contributed by atoms with Crippen molar-refractivity contribution in [2.45, 2.75) is 83.6 Å². The van der Waals surface area contributed by atoms with E-state index in [0.29, 0.717) is 18.4 Å². The van der Waals surface area contributed by atoms with Crippen LogP contribution in [0.15, 0.2) is 4.52 Å². The zero-order valence-corrected chi connectivity index (χ0v) is 18.2. The average Bonchev–Trinajstić information content (AvgIpc) is 3.42. The summed E-state index contributed by atoms with van der Waals surface area (Å²) in [7, 11) is 0. The summed E-state index contributed by atoms with van der Waals surface area (Å²) < 4.78 is 5.43. The fourth-order valence-corrected chi connectivity index (χ4v) is 6.51. The maximum Gasteiger partial charge on any atom is 0.249 e. The monoisotopic (exact) mass is 414 g/mol. The smallest absolute Gasteiger partial charge is 0.249 e. The lowest BCUT2D eigenvalue weighted by Crippen LogP contribution is -2.53. The highest BCUT2D eigenvalue weighted by molar-refractivity contribution is 5.84. The Hall–Kier alpha value is -1.92. The molecule has 5 saturated carbocycles. The van der Waals surface area contributed by atoms with Gasteiger partial charge < -0.3 is 15.2 Å². The van der Waals surface area contributed by atoms with Gasteiger partial charge in [-0.05, 0) is 75.0 Å². The van der Waals surface area contributed by atoms with Gasteiger partial charge in [0.2, 0.25) is 17.7 Å². The number of aromatic nitrogens is 2. The van der Waals surface area contributed by atoms with Gasteiger partial charge >= 0.3 is 0 Å². The van der Waals surface area contributed by atoms with E-state index in [0.717, 1.165) is 55.7 Å². The van der Waals surface area contributed by atoms with Gasteiger partial charge in [0.25, 0.3) is 0 Å². The first-order valence-corrected chi connectivity index (χ1v) is 11.8. The molecule has 7 heteroatoms. The van der Waals surface area contributed by atoms with Gasteiger partial charge in [0, 0.05) is 24.3 Å². The molecule has 0 radical (unpaired) electrons. The van der Waals surface area contributed by atoms with Gasteiger partial charge in [0.15, 0.2) is 5.82 Å². The highest BCUT2D eigenvalue weighted by atomic mass is 16.5. The first kappa shape index (κ1) is 20.0. The molecule has 1 unspecified atom stereocenters. The molecule has 5 aliphatic carbocycles. The number of nitrogens with zero attached hydrogens (tertiary/aromatic N) is 2. The zero-order chi connectivity index (χ0) is 20.9. The molecule has 0 saturated heterocycles. The fourth-order valence-electron chi connectivity index (χ4n) is 6.51. The second kappa shape index (κ2) is 7.65. The highest BCUT2D eigenvalue weighted by Crippen LogP contribution is 2.60. The van der Waals surface area contributed by atoms with E-state index < -0.39 is 0 Å². The van der Waals surface area contributed by atoms with E-state index in [2.05, 4.69) is 20.8 Å². The standard InChI is InChI=1S/C23H34N4O3/c1-13(2)19(21-26-20(27-30-21)17-3-4-17)25-18(28)5-6-24-22(29)23-10-14-7-15(11-23)9-16(8-14)12-23/h13-17,19H,3-12H2,1-2H3,(H,24,29)(H,25,28). The minimum absolute atomic E-state index is 0.0920. The topological polar surface area (TPSA) is 97.1 Å². The molecule has 2 amide bonds. The number of nitrogens with one attached hydrogen (secondary N) is 2. The van der Waals surface area contributed by atoms with Crippen molar-refractivity contribution in [2.75, 3.05) is 6.54 Å². The summed E-state index contributed by atoms with van der Waals surface area (Å²) in [6, 6.07) is -0.295. The van der Waals surface area contributed by atoms with Crippen LogP contribution in [-0.4, -0.2) is 28.5 Å². The summed E-state index contributed by atoms with van der Waals surface area (Å²) in [5, 5.41) is 10.2. The summed E-state index contributed by atoms with van der Waals surface area (Å²) >= 11 is 0. The van der Waals surface area contributed by atoms with Gasteiger partial charge in [-0.25, -0.2) is 0 Å². The van der Waals surface area contributed by atoms with Crippen LogP contribution in [-0.2, 0) is 9.59 Å². The molecular formula is C23H34N4O3. The summed E-state index contributed by atoms with van der Waals surface area (Å²) in [6.45, 7) is 4.44. The lowest BCUT2D eigenvalue weighted by atomic mass is 9.49. The number of carbonyl (C=O) groups is 2. The molecule has 164 valence electrons. The van der Waals surface area contributed by atoms with Gasteiger partial charge in [0.1, 0.15) is 6.04 Å². The third-order valence-corrected chi connectivity index (χ3v) is 7.81. The Morgan fingerprint density at radius 2 is 1.73 bits per heavy atom. The summed E-state index contributed by atoms with van der Waals surface area (Å²) in [4.78, 5) is 30.1.